The molecule has 3 rings (SSSR count). The standard InChI is InChI=1S/C23H26ClN3O3/c1-4-5-10-20(28)27-22-21(17-8-6-7-9-18(17)26-23(22)24)25-14-15-11-12-16(29-2)13-19(15)30-3/h6-9,11-13H,4-5,10,14H2,1-3H3,(H,25,26)(H,27,28). The second kappa shape index (κ2) is 10.2. The van der Waals surface area contributed by atoms with Crippen LogP contribution in [0, 0.1) is 0 Å². The highest BCUT2D eigenvalue weighted by molar-refractivity contribution is 6.34. The molecule has 7 heteroatoms. The van der Waals surface area contributed by atoms with E-state index in [1.807, 2.05) is 49.4 Å². The van der Waals surface area contributed by atoms with Crippen LogP contribution in [0.4, 0.5) is 11.4 Å². The Morgan fingerprint density at radius 3 is 2.63 bits per heavy atom. The maximum absolute atomic E-state index is 12.4. The smallest absolute Gasteiger partial charge is 0.224 e. The molecule has 0 bridgehead atoms. The minimum Gasteiger partial charge on any atom is -0.497 e. The van der Waals surface area contributed by atoms with Gasteiger partial charge < -0.3 is 20.1 Å². The lowest BCUT2D eigenvalue weighted by atomic mass is 10.1. The first-order valence-corrected chi connectivity index (χ1v) is 10.3. The third kappa shape index (κ3) is 4.94. The summed E-state index contributed by atoms with van der Waals surface area (Å²) < 4.78 is 10.8. The summed E-state index contributed by atoms with van der Waals surface area (Å²) in [7, 11) is 3.24. The van der Waals surface area contributed by atoms with E-state index in [9.17, 15) is 4.79 Å². The van der Waals surface area contributed by atoms with Crippen LogP contribution in [0.1, 0.15) is 31.7 Å². The zero-order valence-electron chi connectivity index (χ0n) is 17.4. The van der Waals surface area contributed by atoms with Crippen LogP contribution in [-0.2, 0) is 11.3 Å². The van der Waals surface area contributed by atoms with Gasteiger partial charge in [0.2, 0.25) is 5.91 Å². The number of carbonyl (C=O) groups excluding carboxylic acids is 1. The predicted octanol–water partition coefficient (Wildman–Crippen LogP) is 5.65. The fourth-order valence-electron chi connectivity index (χ4n) is 3.20. The molecule has 0 aliphatic carbocycles. The second-order valence-electron chi connectivity index (χ2n) is 6.85. The number of unbranched alkanes of at least 4 members (excludes halogenated alkanes) is 1. The van der Waals surface area contributed by atoms with Crippen molar-refractivity contribution in [2.45, 2.75) is 32.7 Å². The Labute approximate surface area is 181 Å². The van der Waals surface area contributed by atoms with Gasteiger partial charge in [-0.15, -0.1) is 0 Å². The molecular formula is C23H26ClN3O3. The zero-order valence-corrected chi connectivity index (χ0v) is 18.2. The molecule has 1 heterocycles. The van der Waals surface area contributed by atoms with Crippen LogP contribution in [-0.4, -0.2) is 25.1 Å². The summed E-state index contributed by atoms with van der Waals surface area (Å²) in [6, 6.07) is 13.3. The summed E-state index contributed by atoms with van der Waals surface area (Å²) in [5, 5.41) is 7.50. The van der Waals surface area contributed by atoms with Gasteiger partial charge in [-0.25, -0.2) is 4.98 Å². The highest BCUT2D eigenvalue weighted by Gasteiger charge is 2.17. The lowest BCUT2D eigenvalue weighted by Gasteiger charge is -2.18. The fraction of sp³-hybridized carbons (Fsp3) is 0.304. The Kier molecular flexibility index (Phi) is 7.36. The first-order valence-electron chi connectivity index (χ1n) is 9.90. The highest BCUT2D eigenvalue weighted by Crippen LogP contribution is 2.37. The van der Waals surface area contributed by atoms with Gasteiger partial charge in [0.1, 0.15) is 17.2 Å². The van der Waals surface area contributed by atoms with E-state index in [0.29, 0.717) is 24.4 Å². The van der Waals surface area contributed by atoms with Crippen LogP contribution in [0.2, 0.25) is 5.15 Å². The Bertz CT molecular complexity index is 1040. The number of rotatable bonds is 9. The molecule has 2 aromatic carbocycles. The number of nitrogens with one attached hydrogen (secondary N) is 2. The lowest BCUT2D eigenvalue weighted by molar-refractivity contribution is -0.116. The average Bonchev–Trinajstić information content (AvgIpc) is 2.77. The van der Waals surface area contributed by atoms with Gasteiger partial charge in [-0.05, 0) is 24.6 Å². The summed E-state index contributed by atoms with van der Waals surface area (Å²) in [4.78, 5) is 16.8. The molecule has 0 radical (unpaired) electrons. The first kappa shape index (κ1) is 21.7. The van der Waals surface area contributed by atoms with Gasteiger partial charge >= 0.3 is 0 Å². The van der Waals surface area contributed by atoms with E-state index in [2.05, 4.69) is 15.6 Å². The van der Waals surface area contributed by atoms with Crippen LogP contribution in [0.25, 0.3) is 10.9 Å². The molecule has 0 fully saturated rings. The molecule has 30 heavy (non-hydrogen) atoms. The van der Waals surface area contributed by atoms with E-state index in [0.717, 1.165) is 40.7 Å². The number of pyridine rings is 1. The molecule has 0 unspecified atom stereocenters. The molecule has 1 amide bonds. The number of fused-ring (bicyclic) bond motifs is 1. The maximum Gasteiger partial charge on any atom is 0.224 e. The number of halogens is 1. The van der Waals surface area contributed by atoms with Crippen molar-refractivity contribution in [2.75, 3.05) is 24.9 Å². The topological polar surface area (TPSA) is 72.5 Å². The number of methoxy groups -OCH3 is 2. The SMILES string of the molecule is CCCCC(=O)Nc1c(Cl)nc2ccccc2c1NCc1ccc(OC)cc1OC. The Morgan fingerprint density at radius 1 is 1.10 bits per heavy atom. The monoisotopic (exact) mass is 427 g/mol. The van der Waals surface area contributed by atoms with Crippen molar-refractivity contribution >= 4 is 39.8 Å². The molecule has 0 aliphatic heterocycles. The van der Waals surface area contributed by atoms with Gasteiger partial charge in [0.05, 0.1) is 25.4 Å². The van der Waals surface area contributed by atoms with Gasteiger partial charge in [0.25, 0.3) is 0 Å². The number of amides is 1. The van der Waals surface area contributed by atoms with E-state index in [-0.39, 0.29) is 11.1 Å². The molecule has 2 N–H and O–H groups in total. The van der Waals surface area contributed by atoms with E-state index >= 15 is 0 Å². The van der Waals surface area contributed by atoms with E-state index in [1.165, 1.54) is 0 Å². The van der Waals surface area contributed by atoms with Crippen LogP contribution < -0.4 is 20.1 Å². The van der Waals surface area contributed by atoms with E-state index < -0.39 is 0 Å². The lowest BCUT2D eigenvalue weighted by Crippen LogP contribution is -2.14. The van der Waals surface area contributed by atoms with Crippen LogP contribution >= 0.6 is 11.6 Å². The molecule has 0 atom stereocenters. The second-order valence-corrected chi connectivity index (χ2v) is 7.21. The summed E-state index contributed by atoms with van der Waals surface area (Å²) in [5.41, 5.74) is 2.91. The van der Waals surface area contributed by atoms with E-state index in [1.54, 1.807) is 14.2 Å². The Morgan fingerprint density at radius 2 is 1.90 bits per heavy atom. The number of nitrogens with zero attached hydrogens (tertiary/aromatic N) is 1. The summed E-state index contributed by atoms with van der Waals surface area (Å²) in [6.07, 6.45) is 2.20. The number of benzene rings is 2. The van der Waals surface area contributed by atoms with Gasteiger partial charge in [0.15, 0.2) is 5.15 Å². The minimum absolute atomic E-state index is 0.0825. The molecule has 0 aliphatic rings. The summed E-state index contributed by atoms with van der Waals surface area (Å²) >= 11 is 6.46. The molecule has 0 saturated carbocycles. The largest absolute Gasteiger partial charge is 0.497 e. The van der Waals surface area contributed by atoms with Crippen molar-refractivity contribution in [1.29, 1.82) is 0 Å². The maximum atomic E-state index is 12.4. The van der Waals surface area contributed by atoms with Crippen molar-refractivity contribution in [3.05, 3.63) is 53.2 Å². The number of carbonyl (C=O) groups is 1. The number of hydrogen-bond donors (Lipinski definition) is 2. The molecule has 0 spiro atoms. The number of para-hydroxylation sites is 1. The first-order chi connectivity index (χ1) is 14.6. The van der Waals surface area contributed by atoms with Crippen molar-refractivity contribution in [3.8, 4) is 11.5 Å². The van der Waals surface area contributed by atoms with Crippen LogP contribution in [0.3, 0.4) is 0 Å². The van der Waals surface area contributed by atoms with E-state index in [4.69, 9.17) is 21.1 Å². The molecular weight excluding hydrogens is 402 g/mol. The highest BCUT2D eigenvalue weighted by atomic mass is 35.5. The predicted molar refractivity (Wildman–Crippen MR) is 122 cm³/mol. The van der Waals surface area contributed by atoms with Gasteiger partial charge in [0, 0.05) is 30.0 Å². The quantitative estimate of drug-likeness (QED) is 0.432. The van der Waals surface area contributed by atoms with Gasteiger partial charge in [-0.2, -0.15) is 0 Å². The third-order valence-electron chi connectivity index (χ3n) is 4.82. The third-order valence-corrected chi connectivity index (χ3v) is 5.09. The summed E-state index contributed by atoms with van der Waals surface area (Å²) in [6.45, 7) is 2.52. The normalized spacial score (nSPS) is 10.7. The van der Waals surface area contributed by atoms with Crippen LogP contribution in [0.5, 0.6) is 11.5 Å². The number of aromatic nitrogens is 1. The van der Waals surface area contributed by atoms with Crippen molar-refractivity contribution in [1.82, 2.24) is 4.98 Å². The van der Waals surface area contributed by atoms with Crippen molar-refractivity contribution < 1.29 is 14.3 Å². The number of hydrogen-bond acceptors (Lipinski definition) is 5. The molecule has 158 valence electrons. The Balaban J connectivity index is 1.96. The average molecular weight is 428 g/mol. The summed E-state index contributed by atoms with van der Waals surface area (Å²) in [5.74, 6) is 1.35. The van der Waals surface area contributed by atoms with Crippen LogP contribution in [0.15, 0.2) is 42.5 Å². The van der Waals surface area contributed by atoms with Gasteiger partial charge in [-0.1, -0.05) is 43.1 Å². The molecule has 3 aromatic rings. The molecule has 0 saturated heterocycles. The van der Waals surface area contributed by atoms with Gasteiger partial charge in [-0.3, -0.25) is 4.79 Å². The fourth-order valence-corrected chi connectivity index (χ4v) is 3.43. The number of ether oxygens (including phenoxy) is 2. The number of anilines is 2. The van der Waals surface area contributed by atoms with Crippen molar-refractivity contribution in [2.24, 2.45) is 0 Å². The zero-order chi connectivity index (χ0) is 21.5. The molecule has 1 aromatic heterocycles. The Hall–Kier alpha value is -2.99. The van der Waals surface area contributed by atoms with Crippen molar-refractivity contribution in [3.63, 3.8) is 0 Å². The minimum atomic E-state index is -0.0825. The molecule has 6 nitrogen and oxygen atoms in total.